The van der Waals surface area contributed by atoms with E-state index >= 15 is 0 Å². The Hall–Kier alpha value is -1.32. The van der Waals surface area contributed by atoms with E-state index in [2.05, 4.69) is 46.9 Å². The van der Waals surface area contributed by atoms with Crippen LogP contribution in [-0.2, 0) is 13.1 Å². The summed E-state index contributed by atoms with van der Waals surface area (Å²) in [6, 6.07) is 9.48. The van der Waals surface area contributed by atoms with E-state index in [0.29, 0.717) is 6.04 Å². The molecule has 0 spiro atoms. The van der Waals surface area contributed by atoms with Crippen molar-refractivity contribution >= 4 is 10.9 Å². The van der Waals surface area contributed by atoms with Gasteiger partial charge in [0.1, 0.15) is 0 Å². The molecule has 1 aliphatic rings. The first-order valence-electron chi connectivity index (χ1n) is 7.82. The largest absolute Gasteiger partial charge is 0.348 e. The maximum absolute atomic E-state index is 6.06. The topological polar surface area (TPSA) is 34.2 Å². The SMILES string of the molecule is CCn1ccc2ccc(CN3CCCC(N)CC3)cc21. The molecule has 1 aromatic heterocycles. The molecule has 1 aromatic carbocycles. The van der Waals surface area contributed by atoms with Crippen LogP contribution < -0.4 is 5.73 Å². The lowest BCUT2D eigenvalue weighted by atomic mass is 10.1. The summed E-state index contributed by atoms with van der Waals surface area (Å²) in [5.41, 5.74) is 8.83. The summed E-state index contributed by atoms with van der Waals surface area (Å²) < 4.78 is 2.32. The van der Waals surface area contributed by atoms with Crippen LogP contribution in [0.1, 0.15) is 31.7 Å². The molecule has 1 atom stereocenters. The summed E-state index contributed by atoms with van der Waals surface area (Å²) in [5.74, 6) is 0. The molecule has 2 aromatic rings. The summed E-state index contributed by atoms with van der Waals surface area (Å²) in [5, 5.41) is 1.34. The van der Waals surface area contributed by atoms with Gasteiger partial charge in [0.2, 0.25) is 0 Å². The third-order valence-corrected chi connectivity index (χ3v) is 4.45. The van der Waals surface area contributed by atoms with Crippen molar-refractivity contribution in [2.75, 3.05) is 13.1 Å². The minimum absolute atomic E-state index is 0.403. The number of nitrogens with two attached hydrogens (primary N) is 1. The highest BCUT2D eigenvalue weighted by molar-refractivity contribution is 5.80. The molecule has 1 aliphatic heterocycles. The Balaban J connectivity index is 1.76. The van der Waals surface area contributed by atoms with E-state index < -0.39 is 0 Å². The molecular formula is C17H25N3. The number of hydrogen-bond donors (Lipinski definition) is 1. The van der Waals surface area contributed by atoms with Gasteiger partial charge in [-0.05, 0) is 62.4 Å². The second-order valence-corrected chi connectivity index (χ2v) is 5.96. The molecule has 3 heteroatoms. The van der Waals surface area contributed by atoms with Gasteiger partial charge in [-0.15, -0.1) is 0 Å². The average molecular weight is 271 g/mol. The van der Waals surface area contributed by atoms with Crippen LogP contribution in [0.5, 0.6) is 0 Å². The lowest BCUT2D eigenvalue weighted by Crippen LogP contribution is -2.26. The molecule has 0 saturated carbocycles. The fraction of sp³-hybridized carbons (Fsp3) is 0.529. The maximum Gasteiger partial charge on any atom is 0.0483 e. The summed E-state index contributed by atoms with van der Waals surface area (Å²) in [7, 11) is 0. The number of likely N-dealkylation sites (tertiary alicyclic amines) is 1. The zero-order chi connectivity index (χ0) is 13.9. The standard InChI is InChI=1S/C17H25N3/c1-2-20-11-7-15-6-5-14(12-17(15)20)13-19-9-3-4-16(18)8-10-19/h5-7,11-12,16H,2-4,8-10,13,18H2,1H3. The van der Waals surface area contributed by atoms with Gasteiger partial charge in [-0.1, -0.05) is 12.1 Å². The lowest BCUT2D eigenvalue weighted by Gasteiger charge is -2.20. The summed E-state index contributed by atoms with van der Waals surface area (Å²) in [6.45, 7) is 6.60. The maximum atomic E-state index is 6.06. The number of benzene rings is 1. The van der Waals surface area contributed by atoms with Crippen molar-refractivity contribution in [2.45, 2.75) is 45.3 Å². The quantitative estimate of drug-likeness (QED) is 0.931. The van der Waals surface area contributed by atoms with Crippen molar-refractivity contribution in [3.8, 4) is 0 Å². The Bertz CT molecular complexity index is 573. The first-order chi connectivity index (χ1) is 9.76. The Morgan fingerprint density at radius 1 is 1.20 bits per heavy atom. The van der Waals surface area contributed by atoms with Gasteiger partial charge in [0.05, 0.1) is 0 Å². The first-order valence-corrected chi connectivity index (χ1v) is 7.82. The van der Waals surface area contributed by atoms with Crippen molar-refractivity contribution in [3.05, 3.63) is 36.0 Å². The van der Waals surface area contributed by atoms with Gasteiger partial charge >= 0.3 is 0 Å². The van der Waals surface area contributed by atoms with Crippen molar-refractivity contribution < 1.29 is 0 Å². The molecule has 1 fully saturated rings. The summed E-state index contributed by atoms with van der Waals surface area (Å²) in [4.78, 5) is 2.55. The zero-order valence-electron chi connectivity index (χ0n) is 12.4. The summed E-state index contributed by atoms with van der Waals surface area (Å²) in [6.07, 6.45) is 5.72. The minimum atomic E-state index is 0.403. The highest BCUT2D eigenvalue weighted by Crippen LogP contribution is 2.20. The van der Waals surface area contributed by atoms with Crippen LogP contribution in [0, 0.1) is 0 Å². The van der Waals surface area contributed by atoms with E-state index in [-0.39, 0.29) is 0 Å². The Labute approximate surface area is 121 Å². The minimum Gasteiger partial charge on any atom is -0.348 e. The highest BCUT2D eigenvalue weighted by atomic mass is 15.1. The first kappa shape index (κ1) is 13.7. The van der Waals surface area contributed by atoms with Crippen LogP contribution in [0.15, 0.2) is 30.5 Å². The van der Waals surface area contributed by atoms with Crippen molar-refractivity contribution in [3.63, 3.8) is 0 Å². The van der Waals surface area contributed by atoms with Gasteiger partial charge in [-0.3, -0.25) is 4.90 Å². The fourth-order valence-corrected chi connectivity index (χ4v) is 3.20. The number of fused-ring (bicyclic) bond motifs is 1. The predicted octanol–water partition coefficient (Wildman–Crippen LogP) is 2.97. The second-order valence-electron chi connectivity index (χ2n) is 5.96. The van der Waals surface area contributed by atoms with Crippen molar-refractivity contribution in [2.24, 2.45) is 5.73 Å². The molecule has 1 saturated heterocycles. The van der Waals surface area contributed by atoms with Gasteiger partial charge in [0.25, 0.3) is 0 Å². The number of aromatic nitrogens is 1. The molecule has 0 aliphatic carbocycles. The van der Waals surface area contributed by atoms with Gasteiger partial charge in [0, 0.05) is 30.8 Å². The van der Waals surface area contributed by atoms with E-state index in [1.807, 2.05) is 0 Å². The number of rotatable bonds is 3. The smallest absolute Gasteiger partial charge is 0.0483 e. The molecule has 1 unspecified atom stereocenters. The number of hydrogen-bond acceptors (Lipinski definition) is 2. The van der Waals surface area contributed by atoms with Crippen LogP contribution in [0.3, 0.4) is 0 Å². The molecule has 3 rings (SSSR count). The van der Waals surface area contributed by atoms with Crippen LogP contribution >= 0.6 is 0 Å². The monoisotopic (exact) mass is 271 g/mol. The fourth-order valence-electron chi connectivity index (χ4n) is 3.20. The lowest BCUT2D eigenvalue weighted by molar-refractivity contribution is 0.276. The van der Waals surface area contributed by atoms with Gasteiger partial charge in [-0.2, -0.15) is 0 Å². The Morgan fingerprint density at radius 3 is 2.95 bits per heavy atom. The van der Waals surface area contributed by atoms with Crippen LogP contribution in [0.4, 0.5) is 0 Å². The van der Waals surface area contributed by atoms with E-state index in [1.165, 1.54) is 35.9 Å². The molecule has 0 radical (unpaired) electrons. The predicted molar refractivity (Wildman–Crippen MR) is 84.7 cm³/mol. The Morgan fingerprint density at radius 2 is 2.10 bits per heavy atom. The van der Waals surface area contributed by atoms with Gasteiger partial charge < -0.3 is 10.3 Å². The molecule has 108 valence electrons. The third kappa shape index (κ3) is 2.89. The molecule has 20 heavy (non-hydrogen) atoms. The zero-order valence-corrected chi connectivity index (χ0v) is 12.4. The molecule has 2 heterocycles. The van der Waals surface area contributed by atoms with Crippen molar-refractivity contribution in [1.29, 1.82) is 0 Å². The van der Waals surface area contributed by atoms with Crippen LogP contribution in [0.2, 0.25) is 0 Å². The average Bonchev–Trinajstić information content (AvgIpc) is 2.75. The number of aryl methyl sites for hydroxylation is 1. The van der Waals surface area contributed by atoms with E-state index in [4.69, 9.17) is 5.73 Å². The molecule has 0 amide bonds. The highest BCUT2D eigenvalue weighted by Gasteiger charge is 2.14. The van der Waals surface area contributed by atoms with E-state index in [1.54, 1.807) is 0 Å². The molecule has 3 nitrogen and oxygen atoms in total. The third-order valence-electron chi connectivity index (χ3n) is 4.45. The number of nitrogens with zero attached hydrogens (tertiary/aromatic N) is 2. The molecular weight excluding hydrogens is 246 g/mol. The van der Waals surface area contributed by atoms with Crippen molar-refractivity contribution in [1.82, 2.24) is 9.47 Å². The van der Waals surface area contributed by atoms with Crippen LogP contribution in [0.25, 0.3) is 10.9 Å². The molecule has 0 bridgehead atoms. The van der Waals surface area contributed by atoms with E-state index in [0.717, 1.165) is 26.1 Å². The molecule has 2 N–H and O–H groups in total. The Kier molecular flexibility index (Phi) is 4.08. The second kappa shape index (κ2) is 5.98. The normalized spacial score (nSPS) is 21.2. The van der Waals surface area contributed by atoms with E-state index in [9.17, 15) is 0 Å². The van der Waals surface area contributed by atoms with Gasteiger partial charge in [0.15, 0.2) is 0 Å². The van der Waals surface area contributed by atoms with Crippen LogP contribution in [-0.4, -0.2) is 28.6 Å². The van der Waals surface area contributed by atoms with Gasteiger partial charge in [-0.25, -0.2) is 0 Å². The summed E-state index contributed by atoms with van der Waals surface area (Å²) >= 11 is 0.